The van der Waals surface area contributed by atoms with Gasteiger partial charge in [-0.2, -0.15) is 4.99 Å². The van der Waals surface area contributed by atoms with Crippen LogP contribution in [-0.4, -0.2) is 6.01 Å². The lowest BCUT2D eigenvalue weighted by Crippen LogP contribution is -1.75. The molecule has 1 rings (SSSR count). The van der Waals surface area contributed by atoms with Gasteiger partial charge in [0.1, 0.15) is 5.69 Å². The molecule has 1 aromatic rings. The van der Waals surface area contributed by atoms with Gasteiger partial charge in [-0.3, -0.25) is 0 Å². The highest BCUT2D eigenvalue weighted by molar-refractivity contribution is 6.31. The Morgan fingerprint density at radius 1 is 1.55 bits per heavy atom. The molecular weight excluding hydrogens is 167 g/mol. The molecule has 0 atom stereocenters. The van der Waals surface area contributed by atoms with Gasteiger partial charge in [-0.15, -0.1) is 0 Å². The summed E-state index contributed by atoms with van der Waals surface area (Å²) < 4.78 is 12.8. The Kier molecular flexibility index (Phi) is 2.36. The summed E-state index contributed by atoms with van der Waals surface area (Å²) in [5, 5.41) is 6.48. The van der Waals surface area contributed by atoms with Crippen LogP contribution >= 0.6 is 11.6 Å². The molecule has 0 aromatic heterocycles. The molecule has 0 saturated carbocycles. The van der Waals surface area contributed by atoms with Crippen molar-refractivity contribution in [3.05, 3.63) is 29.0 Å². The van der Waals surface area contributed by atoms with E-state index in [4.69, 9.17) is 17.0 Å². The molecule has 2 nitrogen and oxygen atoms in total. The fraction of sp³-hybridized carbons (Fsp3) is 0. The summed E-state index contributed by atoms with van der Waals surface area (Å²) in [7, 11) is 0. The SMILES string of the molecule is N=C=Nc1cccc(Cl)c1F. The van der Waals surface area contributed by atoms with E-state index in [0.29, 0.717) is 0 Å². The third-order valence-electron chi connectivity index (χ3n) is 1.11. The Hall–Kier alpha value is -1.18. The first-order valence-corrected chi connectivity index (χ1v) is 3.20. The predicted molar refractivity (Wildman–Crippen MR) is 41.2 cm³/mol. The molecule has 0 spiro atoms. The largest absolute Gasteiger partial charge is 0.241 e. The van der Waals surface area contributed by atoms with E-state index < -0.39 is 5.82 Å². The van der Waals surface area contributed by atoms with Crippen molar-refractivity contribution >= 4 is 23.3 Å². The Morgan fingerprint density at radius 3 is 2.91 bits per heavy atom. The molecule has 0 aliphatic rings. The molecule has 0 radical (unpaired) electrons. The number of hydrogen-bond acceptors (Lipinski definition) is 2. The summed E-state index contributed by atoms with van der Waals surface area (Å²) in [6.45, 7) is 0. The summed E-state index contributed by atoms with van der Waals surface area (Å²) in [5.74, 6) is -0.617. The normalized spacial score (nSPS) is 8.91. The Morgan fingerprint density at radius 2 is 2.27 bits per heavy atom. The number of rotatable bonds is 1. The van der Waals surface area contributed by atoms with E-state index in [2.05, 4.69) is 4.99 Å². The molecule has 0 saturated heterocycles. The van der Waals surface area contributed by atoms with Crippen LogP contribution in [0.15, 0.2) is 23.2 Å². The van der Waals surface area contributed by atoms with Crippen molar-refractivity contribution in [2.24, 2.45) is 4.99 Å². The maximum Gasteiger partial charge on any atom is 0.168 e. The maximum absolute atomic E-state index is 12.8. The molecule has 0 fully saturated rings. The van der Waals surface area contributed by atoms with Crippen LogP contribution in [0.2, 0.25) is 5.02 Å². The molecule has 0 bridgehead atoms. The van der Waals surface area contributed by atoms with Crippen molar-refractivity contribution in [2.75, 3.05) is 0 Å². The van der Waals surface area contributed by atoms with Crippen molar-refractivity contribution in [1.82, 2.24) is 0 Å². The summed E-state index contributed by atoms with van der Waals surface area (Å²) in [5.41, 5.74) is 0.0347. The van der Waals surface area contributed by atoms with E-state index in [9.17, 15) is 4.39 Å². The van der Waals surface area contributed by atoms with Gasteiger partial charge in [-0.25, -0.2) is 9.80 Å². The first-order valence-electron chi connectivity index (χ1n) is 2.82. The first kappa shape index (κ1) is 7.92. The monoisotopic (exact) mass is 170 g/mol. The van der Waals surface area contributed by atoms with Gasteiger partial charge >= 0.3 is 0 Å². The van der Waals surface area contributed by atoms with Gasteiger partial charge in [0, 0.05) is 0 Å². The quantitative estimate of drug-likeness (QED) is 0.630. The second kappa shape index (κ2) is 3.28. The second-order valence-electron chi connectivity index (χ2n) is 1.80. The summed E-state index contributed by atoms with van der Waals surface area (Å²) in [6, 6.07) is 6.12. The molecule has 0 unspecified atom stereocenters. The van der Waals surface area contributed by atoms with Crippen molar-refractivity contribution in [3.63, 3.8) is 0 Å². The van der Waals surface area contributed by atoms with Gasteiger partial charge in [-0.1, -0.05) is 17.7 Å². The molecule has 0 amide bonds. The van der Waals surface area contributed by atoms with Crippen LogP contribution in [0.1, 0.15) is 0 Å². The fourth-order valence-corrected chi connectivity index (χ4v) is 0.809. The topological polar surface area (TPSA) is 36.2 Å². The van der Waals surface area contributed by atoms with Crippen LogP contribution < -0.4 is 0 Å². The molecule has 0 aliphatic carbocycles. The van der Waals surface area contributed by atoms with Crippen LogP contribution in [0.3, 0.4) is 0 Å². The van der Waals surface area contributed by atoms with E-state index in [0.717, 1.165) is 0 Å². The first-order chi connectivity index (χ1) is 5.25. The number of nitrogens with zero attached hydrogens (tertiary/aromatic N) is 1. The number of halogens is 2. The zero-order valence-corrected chi connectivity index (χ0v) is 6.19. The lowest BCUT2D eigenvalue weighted by molar-refractivity contribution is 0.630. The molecule has 0 heterocycles. The van der Waals surface area contributed by atoms with Gasteiger partial charge < -0.3 is 0 Å². The zero-order valence-electron chi connectivity index (χ0n) is 5.44. The number of aliphatic imine (C=N–C) groups is 1. The summed E-state index contributed by atoms with van der Waals surface area (Å²) in [4.78, 5) is 3.32. The van der Waals surface area contributed by atoms with Crippen LogP contribution in [0, 0.1) is 11.2 Å². The minimum Gasteiger partial charge on any atom is -0.241 e. The molecule has 0 aliphatic heterocycles. The van der Waals surface area contributed by atoms with Crippen molar-refractivity contribution < 1.29 is 4.39 Å². The molecular formula is C7H4ClFN2. The number of hydrogen-bond donors (Lipinski definition) is 1. The van der Waals surface area contributed by atoms with Gasteiger partial charge in [0.15, 0.2) is 5.82 Å². The van der Waals surface area contributed by atoms with Gasteiger partial charge in [0.05, 0.1) is 11.0 Å². The second-order valence-corrected chi connectivity index (χ2v) is 2.20. The molecule has 1 aromatic carbocycles. The van der Waals surface area contributed by atoms with Crippen LogP contribution in [0.5, 0.6) is 0 Å². The van der Waals surface area contributed by atoms with E-state index in [1.807, 2.05) is 0 Å². The van der Waals surface area contributed by atoms with E-state index >= 15 is 0 Å². The lowest BCUT2D eigenvalue weighted by Gasteiger charge is -1.94. The van der Waals surface area contributed by atoms with E-state index in [1.165, 1.54) is 12.1 Å². The van der Waals surface area contributed by atoms with Crippen molar-refractivity contribution in [3.8, 4) is 0 Å². The molecule has 4 heteroatoms. The van der Waals surface area contributed by atoms with Gasteiger partial charge in [0.25, 0.3) is 0 Å². The van der Waals surface area contributed by atoms with Crippen LogP contribution in [0.25, 0.3) is 0 Å². The number of benzene rings is 1. The number of nitrogens with one attached hydrogen (secondary N) is 1. The fourth-order valence-electron chi connectivity index (χ4n) is 0.639. The predicted octanol–water partition coefficient (Wildman–Crippen LogP) is 2.86. The molecule has 11 heavy (non-hydrogen) atoms. The summed E-state index contributed by atoms with van der Waals surface area (Å²) >= 11 is 5.43. The third-order valence-corrected chi connectivity index (χ3v) is 1.40. The van der Waals surface area contributed by atoms with E-state index in [-0.39, 0.29) is 10.7 Å². The highest BCUT2D eigenvalue weighted by Gasteiger charge is 2.02. The molecule has 56 valence electrons. The highest BCUT2D eigenvalue weighted by Crippen LogP contribution is 2.23. The zero-order chi connectivity index (χ0) is 8.27. The Balaban J connectivity index is 3.26. The van der Waals surface area contributed by atoms with E-state index in [1.54, 1.807) is 12.1 Å². The lowest BCUT2D eigenvalue weighted by atomic mass is 10.3. The standard InChI is InChI=1S/C7H4ClFN2/c8-5-2-1-3-6(7(5)9)11-4-10/h1-3,10H. The molecule has 1 N–H and O–H groups in total. The highest BCUT2D eigenvalue weighted by atomic mass is 35.5. The smallest absolute Gasteiger partial charge is 0.168 e. The van der Waals surface area contributed by atoms with Crippen LogP contribution in [-0.2, 0) is 0 Å². The maximum atomic E-state index is 12.8. The minimum atomic E-state index is -0.617. The van der Waals surface area contributed by atoms with Crippen LogP contribution in [0.4, 0.5) is 10.1 Å². The average Bonchev–Trinajstić information content (AvgIpc) is 1.99. The minimum absolute atomic E-state index is 0.00139. The Bertz CT molecular complexity index is 318. The van der Waals surface area contributed by atoms with Crippen molar-refractivity contribution in [2.45, 2.75) is 0 Å². The van der Waals surface area contributed by atoms with Crippen molar-refractivity contribution in [1.29, 1.82) is 5.41 Å². The Labute approximate surface area is 67.8 Å². The van der Waals surface area contributed by atoms with Gasteiger partial charge in [0.2, 0.25) is 0 Å². The summed E-state index contributed by atoms with van der Waals surface area (Å²) in [6.07, 6.45) is 0. The third kappa shape index (κ3) is 1.64. The van der Waals surface area contributed by atoms with Gasteiger partial charge in [-0.05, 0) is 12.1 Å². The average molecular weight is 171 g/mol.